The van der Waals surface area contributed by atoms with E-state index in [-0.39, 0.29) is 11.7 Å². The Morgan fingerprint density at radius 3 is 2.11 bits per heavy atom. The molecule has 6 nitrogen and oxygen atoms in total. The average Bonchev–Trinajstić information content (AvgIpc) is 2.69. The molecule has 1 amide bonds. The van der Waals surface area contributed by atoms with E-state index in [0.717, 1.165) is 16.2 Å². The summed E-state index contributed by atoms with van der Waals surface area (Å²) in [7, 11) is -2.12. The van der Waals surface area contributed by atoms with Crippen LogP contribution in [0, 0.1) is 5.82 Å². The number of hydrogen-bond acceptors (Lipinski definition) is 4. The molecule has 0 bridgehead atoms. The van der Waals surface area contributed by atoms with Crippen LogP contribution in [0.2, 0.25) is 0 Å². The van der Waals surface area contributed by atoms with Gasteiger partial charge in [0.25, 0.3) is 0 Å². The summed E-state index contributed by atoms with van der Waals surface area (Å²) in [4.78, 5) is 17.0. The Bertz CT molecular complexity index is 911. The first-order chi connectivity index (χ1) is 13.3. The van der Waals surface area contributed by atoms with Gasteiger partial charge in [-0.1, -0.05) is 30.3 Å². The number of anilines is 1. The van der Waals surface area contributed by atoms with E-state index in [1.54, 1.807) is 41.3 Å². The van der Waals surface area contributed by atoms with Crippen LogP contribution < -0.4 is 4.90 Å². The first-order valence-corrected chi connectivity index (χ1v) is 10.9. The molecule has 1 heterocycles. The highest BCUT2D eigenvalue weighted by atomic mass is 32.2. The molecule has 0 unspecified atom stereocenters. The molecule has 28 heavy (non-hydrogen) atoms. The maximum atomic E-state index is 13.2. The van der Waals surface area contributed by atoms with Crippen molar-refractivity contribution in [1.82, 2.24) is 9.21 Å². The third-order valence-electron chi connectivity index (χ3n) is 5.02. The summed E-state index contributed by atoms with van der Waals surface area (Å²) in [5, 5.41) is 0. The van der Waals surface area contributed by atoms with E-state index in [1.165, 1.54) is 19.2 Å². The summed E-state index contributed by atoms with van der Waals surface area (Å²) in [6.07, 6.45) is 1.10. The van der Waals surface area contributed by atoms with Gasteiger partial charge in [0.2, 0.25) is 15.9 Å². The lowest BCUT2D eigenvalue weighted by molar-refractivity contribution is -0.135. The highest BCUT2D eigenvalue weighted by molar-refractivity contribution is 7.88. The van der Waals surface area contributed by atoms with Crippen molar-refractivity contribution in [3.05, 3.63) is 66.0 Å². The van der Waals surface area contributed by atoms with Gasteiger partial charge in [-0.3, -0.25) is 4.79 Å². The first kappa shape index (κ1) is 20.3. The van der Waals surface area contributed by atoms with Crippen molar-refractivity contribution >= 4 is 21.6 Å². The highest BCUT2D eigenvalue weighted by Crippen LogP contribution is 2.25. The second-order valence-corrected chi connectivity index (χ2v) is 8.92. The second-order valence-electron chi connectivity index (χ2n) is 6.88. The van der Waals surface area contributed by atoms with E-state index in [1.807, 2.05) is 6.07 Å². The lowest BCUT2D eigenvalue weighted by Gasteiger charge is -2.38. The molecule has 3 rings (SSSR count). The van der Waals surface area contributed by atoms with Crippen LogP contribution >= 0.6 is 0 Å². The molecule has 8 heteroatoms. The number of carbonyl (C=O) groups is 1. The molecular formula is C20H24FN3O3S. The number of halogens is 1. The molecule has 2 aromatic rings. The molecule has 1 fully saturated rings. The minimum atomic E-state index is -3.55. The molecule has 0 N–H and O–H groups in total. The summed E-state index contributed by atoms with van der Waals surface area (Å²) in [5.74, 6) is -0.523. The fourth-order valence-electron chi connectivity index (χ4n) is 3.34. The Labute approximate surface area is 165 Å². The van der Waals surface area contributed by atoms with E-state index in [2.05, 4.69) is 4.90 Å². The van der Waals surface area contributed by atoms with Crippen molar-refractivity contribution in [3.63, 3.8) is 0 Å². The van der Waals surface area contributed by atoms with E-state index in [4.69, 9.17) is 0 Å². The van der Waals surface area contributed by atoms with Crippen LogP contribution in [0.4, 0.5) is 10.1 Å². The minimum absolute atomic E-state index is 0.238. The second kappa shape index (κ2) is 8.28. The van der Waals surface area contributed by atoms with E-state index >= 15 is 0 Å². The third-order valence-corrected chi connectivity index (χ3v) is 6.28. The molecule has 0 aromatic heterocycles. The van der Waals surface area contributed by atoms with Gasteiger partial charge < -0.3 is 9.80 Å². The normalized spacial score (nSPS) is 16.3. The standard InChI is InChI=1S/C20H24FN3O3S/c1-22(28(2,26)27)19(16-6-4-3-5-7-16)20(25)24-14-12-23(13-15-24)18-10-8-17(21)9-11-18/h3-11,19H,12-15H2,1-2H3/t19-/m0/s1. The van der Waals surface area contributed by atoms with E-state index < -0.39 is 16.1 Å². The molecule has 1 aliphatic heterocycles. The van der Waals surface area contributed by atoms with E-state index in [9.17, 15) is 17.6 Å². The summed E-state index contributed by atoms with van der Waals surface area (Å²) in [6, 6.07) is 14.3. The van der Waals surface area contributed by atoms with Gasteiger partial charge in [-0.05, 0) is 29.8 Å². The van der Waals surface area contributed by atoms with Crippen molar-refractivity contribution in [1.29, 1.82) is 0 Å². The minimum Gasteiger partial charge on any atom is -0.368 e. The molecule has 0 aliphatic carbocycles. The van der Waals surface area contributed by atoms with Crippen LogP contribution in [0.1, 0.15) is 11.6 Å². The number of nitrogens with zero attached hydrogens (tertiary/aromatic N) is 3. The van der Waals surface area contributed by atoms with E-state index in [0.29, 0.717) is 31.7 Å². The van der Waals surface area contributed by atoms with Gasteiger partial charge in [-0.2, -0.15) is 4.31 Å². The maximum absolute atomic E-state index is 13.2. The van der Waals surface area contributed by atoms with Crippen molar-refractivity contribution in [2.24, 2.45) is 0 Å². The number of amides is 1. The SMILES string of the molecule is CN([C@H](C(=O)N1CCN(c2ccc(F)cc2)CC1)c1ccccc1)S(C)(=O)=O. The van der Waals surface area contributed by atoms with Crippen LogP contribution in [-0.2, 0) is 14.8 Å². The van der Waals surface area contributed by atoms with Crippen molar-refractivity contribution < 1.29 is 17.6 Å². The van der Waals surface area contributed by atoms with Gasteiger partial charge in [-0.15, -0.1) is 0 Å². The first-order valence-electron chi connectivity index (χ1n) is 9.04. The number of rotatable bonds is 5. The van der Waals surface area contributed by atoms with Crippen LogP contribution in [0.5, 0.6) is 0 Å². The van der Waals surface area contributed by atoms with Gasteiger partial charge in [0.05, 0.1) is 6.26 Å². The lowest BCUT2D eigenvalue weighted by Crippen LogP contribution is -2.52. The molecule has 150 valence electrons. The van der Waals surface area contributed by atoms with Crippen molar-refractivity contribution in [3.8, 4) is 0 Å². The molecule has 0 saturated carbocycles. The molecule has 0 spiro atoms. The predicted molar refractivity (Wildman–Crippen MR) is 107 cm³/mol. The predicted octanol–water partition coefficient (Wildman–Crippen LogP) is 2.11. The third kappa shape index (κ3) is 4.51. The number of hydrogen-bond donors (Lipinski definition) is 0. The molecule has 1 aliphatic rings. The summed E-state index contributed by atoms with van der Waals surface area (Å²) in [5.41, 5.74) is 1.54. The Balaban J connectivity index is 1.76. The Morgan fingerprint density at radius 2 is 1.57 bits per heavy atom. The zero-order chi connectivity index (χ0) is 20.3. The van der Waals surface area contributed by atoms with Gasteiger partial charge in [0.1, 0.15) is 11.9 Å². The smallest absolute Gasteiger partial charge is 0.245 e. The van der Waals surface area contributed by atoms with Gasteiger partial charge in [0.15, 0.2) is 0 Å². The number of carbonyl (C=O) groups excluding carboxylic acids is 1. The van der Waals surface area contributed by atoms with Crippen LogP contribution in [0.25, 0.3) is 0 Å². The Hall–Kier alpha value is -2.45. The molecule has 2 aromatic carbocycles. The Kier molecular flexibility index (Phi) is 6.00. The largest absolute Gasteiger partial charge is 0.368 e. The van der Waals surface area contributed by atoms with Crippen LogP contribution in [0.3, 0.4) is 0 Å². The van der Waals surface area contributed by atoms with Crippen molar-refractivity contribution in [2.75, 3.05) is 44.4 Å². The number of sulfonamides is 1. The Morgan fingerprint density at radius 1 is 1.00 bits per heavy atom. The highest BCUT2D eigenvalue weighted by Gasteiger charge is 2.35. The topological polar surface area (TPSA) is 60.9 Å². The molecule has 1 saturated heterocycles. The number of piperazine rings is 1. The maximum Gasteiger partial charge on any atom is 0.245 e. The zero-order valence-electron chi connectivity index (χ0n) is 16.0. The summed E-state index contributed by atoms with van der Waals surface area (Å²) >= 11 is 0. The van der Waals surface area contributed by atoms with Gasteiger partial charge in [0, 0.05) is 38.9 Å². The summed E-state index contributed by atoms with van der Waals surface area (Å²) < 4.78 is 38.5. The number of likely N-dealkylation sites (N-methyl/N-ethyl adjacent to an activating group) is 1. The quantitative estimate of drug-likeness (QED) is 0.765. The van der Waals surface area contributed by atoms with Crippen molar-refractivity contribution in [2.45, 2.75) is 6.04 Å². The molecule has 1 atom stereocenters. The summed E-state index contributed by atoms with van der Waals surface area (Å²) in [6.45, 7) is 2.14. The lowest BCUT2D eigenvalue weighted by atomic mass is 10.1. The zero-order valence-corrected chi connectivity index (χ0v) is 16.8. The van der Waals surface area contributed by atoms with Crippen LogP contribution in [0.15, 0.2) is 54.6 Å². The monoisotopic (exact) mass is 405 g/mol. The molecule has 0 radical (unpaired) electrons. The van der Waals surface area contributed by atoms with Crippen LogP contribution in [-0.4, -0.2) is 63.0 Å². The number of benzene rings is 2. The fourth-order valence-corrected chi connectivity index (χ4v) is 3.94. The van der Waals surface area contributed by atoms with Gasteiger partial charge >= 0.3 is 0 Å². The fraction of sp³-hybridized carbons (Fsp3) is 0.350. The average molecular weight is 405 g/mol. The molecular weight excluding hydrogens is 381 g/mol. The van der Waals surface area contributed by atoms with Gasteiger partial charge in [-0.25, -0.2) is 12.8 Å².